The SMILES string of the molecule is CCCCOc1ccc(OCC(=O)N/N=C/c2cc(Br)ccc2OC(=O)c2ccc(OC)c(OC)c2)cc1. The second-order valence-corrected chi connectivity index (χ2v) is 8.81. The maximum atomic E-state index is 12.7. The molecule has 200 valence electrons. The zero-order valence-corrected chi connectivity index (χ0v) is 22.9. The predicted octanol–water partition coefficient (Wildman–Crippen LogP) is 5.39. The van der Waals surface area contributed by atoms with Gasteiger partial charge in [0.05, 0.1) is 32.6 Å². The van der Waals surface area contributed by atoms with Crippen LogP contribution in [0.3, 0.4) is 0 Å². The van der Waals surface area contributed by atoms with Crippen molar-refractivity contribution in [2.75, 3.05) is 27.4 Å². The number of ether oxygens (including phenoxy) is 5. The molecule has 38 heavy (non-hydrogen) atoms. The summed E-state index contributed by atoms with van der Waals surface area (Å²) in [5.74, 6) is 1.38. The molecule has 0 heterocycles. The second-order valence-electron chi connectivity index (χ2n) is 7.90. The summed E-state index contributed by atoms with van der Waals surface area (Å²) in [6.07, 6.45) is 3.43. The lowest BCUT2D eigenvalue weighted by molar-refractivity contribution is -0.123. The van der Waals surface area contributed by atoms with Crippen LogP contribution in [0.25, 0.3) is 0 Å². The lowest BCUT2D eigenvalue weighted by atomic mass is 10.2. The molecule has 1 amide bonds. The van der Waals surface area contributed by atoms with Crippen LogP contribution in [0, 0.1) is 0 Å². The van der Waals surface area contributed by atoms with Crippen molar-refractivity contribution >= 4 is 34.0 Å². The van der Waals surface area contributed by atoms with Crippen LogP contribution in [-0.2, 0) is 4.79 Å². The number of hydrogen-bond acceptors (Lipinski definition) is 8. The van der Waals surface area contributed by atoms with Crippen LogP contribution < -0.4 is 29.1 Å². The minimum atomic E-state index is -0.595. The molecule has 0 atom stereocenters. The number of amides is 1. The van der Waals surface area contributed by atoms with Gasteiger partial charge < -0.3 is 23.7 Å². The first-order valence-electron chi connectivity index (χ1n) is 11.8. The van der Waals surface area contributed by atoms with E-state index in [1.54, 1.807) is 54.6 Å². The van der Waals surface area contributed by atoms with Crippen molar-refractivity contribution in [3.63, 3.8) is 0 Å². The molecule has 0 aliphatic rings. The summed E-state index contributed by atoms with van der Waals surface area (Å²) in [7, 11) is 2.99. The van der Waals surface area contributed by atoms with Gasteiger partial charge in [-0.3, -0.25) is 4.79 Å². The molecule has 0 fully saturated rings. The molecule has 0 spiro atoms. The Morgan fingerprint density at radius 1 is 0.895 bits per heavy atom. The summed E-state index contributed by atoms with van der Waals surface area (Å²) >= 11 is 3.39. The molecule has 9 nitrogen and oxygen atoms in total. The first-order valence-corrected chi connectivity index (χ1v) is 12.6. The third kappa shape index (κ3) is 8.52. The Morgan fingerprint density at radius 2 is 1.58 bits per heavy atom. The van der Waals surface area contributed by atoms with Gasteiger partial charge in [-0.1, -0.05) is 29.3 Å². The average molecular weight is 585 g/mol. The Balaban J connectivity index is 1.57. The molecule has 3 aromatic rings. The second kappa shape index (κ2) is 14.6. The number of benzene rings is 3. The van der Waals surface area contributed by atoms with Crippen LogP contribution in [0.1, 0.15) is 35.7 Å². The van der Waals surface area contributed by atoms with Gasteiger partial charge in [-0.2, -0.15) is 5.10 Å². The molecule has 0 radical (unpaired) electrons. The van der Waals surface area contributed by atoms with Crippen molar-refractivity contribution in [2.45, 2.75) is 19.8 Å². The highest BCUT2D eigenvalue weighted by atomic mass is 79.9. The number of methoxy groups -OCH3 is 2. The van der Waals surface area contributed by atoms with Crippen molar-refractivity contribution in [1.82, 2.24) is 5.43 Å². The Hall–Kier alpha value is -4.05. The third-order valence-electron chi connectivity index (χ3n) is 5.15. The highest BCUT2D eigenvalue weighted by Gasteiger charge is 2.15. The van der Waals surface area contributed by atoms with Crippen molar-refractivity contribution in [2.24, 2.45) is 5.10 Å². The fourth-order valence-electron chi connectivity index (χ4n) is 3.16. The first kappa shape index (κ1) is 28.5. The van der Waals surface area contributed by atoms with Gasteiger partial charge in [-0.05, 0) is 67.1 Å². The van der Waals surface area contributed by atoms with E-state index in [-0.39, 0.29) is 17.9 Å². The van der Waals surface area contributed by atoms with Crippen LogP contribution in [0.15, 0.2) is 70.2 Å². The third-order valence-corrected chi connectivity index (χ3v) is 5.64. The van der Waals surface area contributed by atoms with E-state index in [1.165, 1.54) is 26.5 Å². The topological polar surface area (TPSA) is 105 Å². The number of hydrogen-bond donors (Lipinski definition) is 1. The molecule has 0 bridgehead atoms. The largest absolute Gasteiger partial charge is 0.494 e. The van der Waals surface area contributed by atoms with E-state index in [0.717, 1.165) is 23.1 Å². The van der Waals surface area contributed by atoms with Crippen molar-refractivity contribution in [3.8, 4) is 28.7 Å². The van der Waals surface area contributed by atoms with E-state index < -0.39 is 11.9 Å². The summed E-state index contributed by atoms with van der Waals surface area (Å²) in [5, 5.41) is 3.97. The number of halogens is 1. The van der Waals surface area contributed by atoms with E-state index in [1.807, 2.05) is 0 Å². The van der Waals surface area contributed by atoms with E-state index >= 15 is 0 Å². The smallest absolute Gasteiger partial charge is 0.343 e. The molecule has 10 heteroatoms. The molecule has 0 aliphatic carbocycles. The standard InChI is InChI=1S/C28H29BrN2O7/c1-4-5-14-36-22-8-10-23(11-9-22)37-18-27(32)31-30-17-20-15-21(29)7-13-24(20)38-28(33)19-6-12-25(34-2)26(16-19)35-3/h6-13,15-17H,4-5,14,18H2,1-3H3,(H,31,32)/b30-17+. The lowest BCUT2D eigenvalue weighted by Crippen LogP contribution is -2.24. The maximum Gasteiger partial charge on any atom is 0.343 e. The van der Waals surface area contributed by atoms with Gasteiger partial charge in [0.1, 0.15) is 17.2 Å². The van der Waals surface area contributed by atoms with Gasteiger partial charge in [0.2, 0.25) is 0 Å². The first-order chi connectivity index (χ1) is 18.4. The number of carbonyl (C=O) groups is 2. The molecule has 0 aromatic heterocycles. The van der Waals surface area contributed by atoms with Gasteiger partial charge in [-0.25, -0.2) is 10.2 Å². The van der Waals surface area contributed by atoms with Gasteiger partial charge >= 0.3 is 5.97 Å². The highest BCUT2D eigenvalue weighted by Crippen LogP contribution is 2.29. The Morgan fingerprint density at radius 3 is 2.26 bits per heavy atom. The number of esters is 1. The number of unbranched alkanes of at least 4 members (excludes halogenated alkanes) is 1. The Kier molecular flexibility index (Phi) is 11.0. The molecular formula is C28H29BrN2O7. The van der Waals surface area contributed by atoms with E-state index in [4.69, 9.17) is 23.7 Å². The summed E-state index contributed by atoms with van der Waals surface area (Å²) in [6.45, 7) is 2.53. The maximum absolute atomic E-state index is 12.7. The quantitative estimate of drug-likeness (QED) is 0.0943. The van der Waals surface area contributed by atoms with Gasteiger partial charge in [-0.15, -0.1) is 0 Å². The van der Waals surface area contributed by atoms with E-state index in [0.29, 0.717) is 29.4 Å². The molecule has 3 rings (SSSR count). The number of rotatable bonds is 13. The van der Waals surface area contributed by atoms with Gasteiger partial charge in [0.15, 0.2) is 18.1 Å². The molecule has 1 N–H and O–H groups in total. The minimum Gasteiger partial charge on any atom is -0.494 e. The van der Waals surface area contributed by atoms with Crippen LogP contribution >= 0.6 is 15.9 Å². The molecule has 0 unspecified atom stereocenters. The molecule has 0 saturated heterocycles. The lowest BCUT2D eigenvalue weighted by Gasteiger charge is -2.11. The van der Waals surface area contributed by atoms with Gasteiger partial charge in [0, 0.05) is 10.0 Å². The van der Waals surface area contributed by atoms with Gasteiger partial charge in [0.25, 0.3) is 5.91 Å². The number of nitrogens with zero attached hydrogens (tertiary/aromatic N) is 1. The highest BCUT2D eigenvalue weighted by molar-refractivity contribution is 9.10. The summed E-state index contributed by atoms with van der Waals surface area (Å²) < 4.78 is 27.9. The normalized spacial score (nSPS) is 10.6. The van der Waals surface area contributed by atoms with Crippen LogP contribution in [0.4, 0.5) is 0 Å². The van der Waals surface area contributed by atoms with E-state index in [2.05, 4.69) is 33.4 Å². The number of nitrogens with one attached hydrogen (secondary N) is 1. The zero-order valence-electron chi connectivity index (χ0n) is 21.4. The van der Waals surface area contributed by atoms with Crippen molar-refractivity contribution in [3.05, 3.63) is 76.3 Å². The fraction of sp³-hybridized carbons (Fsp3) is 0.250. The summed E-state index contributed by atoms with van der Waals surface area (Å²) in [4.78, 5) is 24.9. The molecule has 0 saturated carbocycles. The average Bonchev–Trinajstić information content (AvgIpc) is 2.93. The molecular weight excluding hydrogens is 556 g/mol. The van der Waals surface area contributed by atoms with Crippen LogP contribution in [0.5, 0.6) is 28.7 Å². The predicted molar refractivity (Wildman–Crippen MR) is 147 cm³/mol. The summed E-state index contributed by atoms with van der Waals surface area (Å²) in [5.41, 5.74) is 3.14. The Bertz CT molecular complexity index is 1260. The number of hydrazone groups is 1. The van der Waals surface area contributed by atoms with E-state index in [9.17, 15) is 9.59 Å². The number of carbonyl (C=O) groups excluding carboxylic acids is 2. The fourth-order valence-corrected chi connectivity index (χ4v) is 3.54. The van der Waals surface area contributed by atoms with Crippen LogP contribution in [0.2, 0.25) is 0 Å². The van der Waals surface area contributed by atoms with Crippen molar-refractivity contribution in [1.29, 1.82) is 0 Å². The minimum absolute atomic E-state index is 0.229. The zero-order chi connectivity index (χ0) is 27.3. The van der Waals surface area contributed by atoms with Crippen molar-refractivity contribution < 1.29 is 33.3 Å². The van der Waals surface area contributed by atoms with Crippen LogP contribution in [-0.4, -0.2) is 45.5 Å². The monoisotopic (exact) mass is 584 g/mol. The molecule has 3 aromatic carbocycles. The summed E-state index contributed by atoms with van der Waals surface area (Å²) in [6, 6.07) is 16.8. The molecule has 0 aliphatic heterocycles. The Labute approximate surface area is 229 Å².